The number of ether oxygens (including phenoxy) is 1. The van der Waals surface area contributed by atoms with E-state index in [1.165, 1.54) is 4.88 Å². The Kier molecular flexibility index (Phi) is 2.29. The number of nitrogens with zero attached hydrogens (tertiary/aromatic N) is 1. The van der Waals surface area contributed by atoms with Gasteiger partial charge in [-0.15, -0.1) is 11.3 Å². The summed E-state index contributed by atoms with van der Waals surface area (Å²) in [5.41, 5.74) is 3.46. The van der Waals surface area contributed by atoms with Gasteiger partial charge in [0.2, 0.25) is 0 Å². The van der Waals surface area contributed by atoms with E-state index in [4.69, 9.17) is 4.74 Å². The number of aromatic nitrogens is 2. The van der Waals surface area contributed by atoms with E-state index in [0.717, 1.165) is 28.3 Å². The first-order chi connectivity index (χ1) is 8.16. The number of thiophene rings is 1. The highest BCUT2D eigenvalue weighted by Crippen LogP contribution is 2.41. The fourth-order valence-electron chi connectivity index (χ4n) is 2.13. The van der Waals surface area contributed by atoms with Gasteiger partial charge in [-0.05, 0) is 13.0 Å². The molecular formula is C12H12N2O2S. The predicted octanol–water partition coefficient (Wildman–Crippen LogP) is 2.58. The Balaban J connectivity index is 2.23. The molecule has 1 aliphatic heterocycles. The van der Waals surface area contributed by atoms with Crippen LogP contribution in [-0.2, 0) is 6.42 Å². The van der Waals surface area contributed by atoms with Gasteiger partial charge >= 0.3 is 0 Å². The lowest BCUT2D eigenvalue weighted by atomic mass is 10.0. The van der Waals surface area contributed by atoms with E-state index in [2.05, 4.69) is 16.3 Å². The summed E-state index contributed by atoms with van der Waals surface area (Å²) in [4.78, 5) is 12.7. The maximum absolute atomic E-state index is 11.5. The molecule has 2 aromatic rings. The second-order valence-corrected chi connectivity index (χ2v) is 5.36. The maximum Gasteiger partial charge on any atom is 0.183 e. The molecule has 17 heavy (non-hydrogen) atoms. The number of carbonyl (C=O) groups excluding carboxylic acids is 1. The van der Waals surface area contributed by atoms with Crippen LogP contribution in [0.15, 0.2) is 6.07 Å². The molecule has 0 aliphatic carbocycles. The van der Waals surface area contributed by atoms with E-state index in [9.17, 15) is 4.79 Å². The van der Waals surface area contributed by atoms with E-state index >= 15 is 0 Å². The van der Waals surface area contributed by atoms with Crippen LogP contribution >= 0.6 is 11.3 Å². The zero-order valence-corrected chi connectivity index (χ0v) is 10.5. The summed E-state index contributed by atoms with van der Waals surface area (Å²) < 4.78 is 5.70. The number of carbonyl (C=O) groups is 1. The van der Waals surface area contributed by atoms with Gasteiger partial charge in [-0.25, -0.2) is 0 Å². The Labute approximate surface area is 103 Å². The van der Waals surface area contributed by atoms with Crippen LogP contribution in [0.2, 0.25) is 0 Å². The Hall–Kier alpha value is -1.62. The second-order valence-electron chi connectivity index (χ2n) is 4.14. The molecule has 0 saturated carbocycles. The van der Waals surface area contributed by atoms with E-state index in [-0.39, 0.29) is 5.78 Å². The molecule has 3 heterocycles. The van der Waals surface area contributed by atoms with Crippen molar-refractivity contribution in [3.63, 3.8) is 0 Å². The van der Waals surface area contributed by atoms with Crippen LogP contribution in [0.5, 0.6) is 5.06 Å². The van der Waals surface area contributed by atoms with Crippen LogP contribution < -0.4 is 4.74 Å². The van der Waals surface area contributed by atoms with Gasteiger partial charge in [-0.1, -0.05) is 0 Å². The van der Waals surface area contributed by atoms with Crippen molar-refractivity contribution in [3.05, 3.63) is 22.2 Å². The standard InChI is InChI=1S/C12H12N2O2S/c1-6-5-9-11-8(3-4-16-12(9)17-6)10(7(2)15)13-14-11/h5H,3-4H2,1-2H3,(H,13,14). The summed E-state index contributed by atoms with van der Waals surface area (Å²) in [7, 11) is 0. The summed E-state index contributed by atoms with van der Waals surface area (Å²) in [5.74, 6) is 0.0224. The third-order valence-electron chi connectivity index (χ3n) is 2.88. The molecule has 0 fully saturated rings. The molecule has 3 rings (SSSR count). The fraction of sp³-hybridized carbons (Fsp3) is 0.333. The molecule has 0 bridgehead atoms. The minimum Gasteiger partial charge on any atom is -0.483 e. The van der Waals surface area contributed by atoms with E-state index in [1.54, 1.807) is 18.3 Å². The number of H-pyrrole nitrogens is 1. The average Bonchev–Trinajstić information content (AvgIpc) is 2.79. The normalized spacial score (nSPS) is 13.5. The number of hydrogen-bond donors (Lipinski definition) is 1. The highest BCUT2D eigenvalue weighted by atomic mass is 32.1. The van der Waals surface area contributed by atoms with Crippen LogP contribution in [-0.4, -0.2) is 22.6 Å². The average molecular weight is 248 g/mol. The Bertz CT molecular complexity index is 598. The van der Waals surface area contributed by atoms with Gasteiger partial charge in [0.25, 0.3) is 0 Å². The molecule has 0 spiro atoms. The Morgan fingerprint density at radius 1 is 1.59 bits per heavy atom. The van der Waals surface area contributed by atoms with Gasteiger partial charge in [-0.2, -0.15) is 5.10 Å². The number of fused-ring (bicyclic) bond motifs is 3. The van der Waals surface area contributed by atoms with Crippen molar-refractivity contribution in [1.82, 2.24) is 10.2 Å². The lowest BCUT2D eigenvalue weighted by Gasteiger charge is -2.00. The molecule has 0 unspecified atom stereocenters. The number of hydrogen-bond acceptors (Lipinski definition) is 4. The predicted molar refractivity (Wildman–Crippen MR) is 65.8 cm³/mol. The number of nitrogens with one attached hydrogen (secondary N) is 1. The summed E-state index contributed by atoms with van der Waals surface area (Å²) in [6.07, 6.45) is 0.723. The SMILES string of the molecule is CC(=O)c1[nH]nc2c1CCOc1sc(C)cc1-2. The lowest BCUT2D eigenvalue weighted by Crippen LogP contribution is -2.03. The Morgan fingerprint density at radius 2 is 2.41 bits per heavy atom. The monoisotopic (exact) mass is 248 g/mol. The smallest absolute Gasteiger partial charge is 0.183 e. The molecule has 0 aromatic carbocycles. The van der Waals surface area contributed by atoms with Gasteiger partial charge in [0.05, 0.1) is 12.2 Å². The topological polar surface area (TPSA) is 55.0 Å². The molecule has 5 heteroatoms. The zero-order valence-electron chi connectivity index (χ0n) is 9.66. The first-order valence-corrected chi connectivity index (χ1v) is 6.30. The second kappa shape index (κ2) is 3.70. The largest absolute Gasteiger partial charge is 0.483 e. The van der Waals surface area contributed by atoms with Crippen LogP contribution in [0.25, 0.3) is 11.3 Å². The van der Waals surface area contributed by atoms with Crippen LogP contribution in [0.4, 0.5) is 0 Å². The van der Waals surface area contributed by atoms with Crippen LogP contribution in [0.3, 0.4) is 0 Å². The molecular weight excluding hydrogens is 236 g/mol. The molecule has 4 nitrogen and oxygen atoms in total. The zero-order chi connectivity index (χ0) is 12.0. The summed E-state index contributed by atoms with van der Waals surface area (Å²) >= 11 is 1.62. The van der Waals surface area contributed by atoms with Crippen molar-refractivity contribution in [2.75, 3.05) is 6.61 Å². The Morgan fingerprint density at radius 3 is 3.18 bits per heavy atom. The molecule has 2 aromatic heterocycles. The highest BCUT2D eigenvalue weighted by Gasteiger charge is 2.24. The van der Waals surface area contributed by atoms with Crippen molar-refractivity contribution in [1.29, 1.82) is 0 Å². The summed E-state index contributed by atoms with van der Waals surface area (Å²) in [5, 5.41) is 8.02. The van der Waals surface area contributed by atoms with Crippen molar-refractivity contribution in [2.24, 2.45) is 0 Å². The van der Waals surface area contributed by atoms with E-state index in [1.807, 2.05) is 6.92 Å². The summed E-state index contributed by atoms with van der Waals surface area (Å²) in [6.45, 7) is 4.19. The van der Waals surface area contributed by atoms with E-state index in [0.29, 0.717) is 12.3 Å². The van der Waals surface area contributed by atoms with Crippen molar-refractivity contribution < 1.29 is 9.53 Å². The molecule has 0 radical (unpaired) electrons. The molecule has 88 valence electrons. The van der Waals surface area contributed by atoms with Crippen molar-refractivity contribution in [2.45, 2.75) is 20.3 Å². The van der Waals surface area contributed by atoms with Gasteiger partial charge in [0, 0.05) is 23.8 Å². The van der Waals surface area contributed by atoms with Crippen molar-refractivity contribution in [3.8, 4) is 16.3 Å². The molecule has 1 aliphatic rings. The van der Waals surface area contributed by atoms with Crippen molar-refractivity contribution >= 4 is 17.1 Å². The maximum atomic E-state index is 11.5. The molecule has 0 atom stereocenters. The third kappa shape index (κ3) is 1.58. The highest BCUT2D eigenvalue weighted by molar-refractivity contribution is 7.14. The molecule has 0 amide bonds. The number of rotatable bonds is 1. The summed E-state index contributed by atoms with van der Waals surface area (Å²) in [6, 6.07) is 2.06. The first kappa shape index (κ1) is 10.5. The van der Waals surface area contributed by atoms with Gasteiger partial charge in [-0.3, -0.25) is 9.89 Å². The van der Waals surface area contributed by atoms with Crippen LogP contribution in [0, 0.1) is 6.92 Å². The molecule has 0 saturated heterocycles. The fourth-order valence-corrected chi connectivity index (χ4v) is 3.01. The first-order valence-electron chi connectivity index (χ1n) is 5.48. The minimum atomic E-state index is 0.0224. The van der Waals surface area contributed by atoms with Gasteiger partial charge in [0.1, 0.15) is 11.4 Å². The van der Waals surface area contributed by atoms with E-state index < -0.39 is 0 Å². The number of aryl methyl sites for hydroxylation is 1. The molecule has 1 N–H and O–H groups in total. The number of Topliss-reactive ketones (excluding diaryl/α,β-unsaturated/α-hetero) is 1. The van der Waals surface area contributed by atoms with Crippen LogP contribution in [0.1, 0.15) is 27.9 Å². The van der Waals surface area contributed by atoms with Gasteiger partial charge < -0.3 is 4.74 Å². The third-order valence-corrected chi connectivity index (χ3v) is 3.84. The minimum absolute atomic E-state index is 0.0224. The number of ketones is 1. The quantitative estimate of drug-likeness (QED) is 0.789. The number of aromatic amines is 1. The lowest BCUT2D eigenvalue weighted by molar-refractivity contribution is 0.101. The van der Waals surface area contributed by atoms with Gasteiger partial charge in [0.15, 0.2) is 10.8 Å².